The number of carbonyl (C=O) groups is 1. The molecule has 0 aromatic carbocycles. The Kier molecular flexibility index (Phi) is 5.29. The number of anilines is 1. The van der Waals surface area contributed by atoms with Crippen LogP contribution in [0.3, 0.4) is 0 Å². The molecule has 3 aromatic heterocycles. The number of hydrogen-bond acceptors (Lipinski definition) is 4. The van der Waals surface area contributed by atoms with Crippen molar-refractivity contribution >= 4 is 17.2 Å². The molecule has 1 N–H and O–H groups in total. The number of rotatable bonds is 5. The van der Waals surface area contributed by atoms with E-state index in [-0.39, 0.29) is 17.3 Å². The molecule has 1 aliphatic rings. The molecule has 0 saturated heterocycles. The molecule has 1 aliphatic carbocycles. The molecule has 1 amide bonds. The summed E-state index contributed by atoms with van der Waals surface area (Å²) in [7, 11) is 0. The largest absolute Gasteiger partial charge is 0.319 e. The van der Waals surface area contributed by atoms with E-state index in [0.29, 0.717) is 11.6 Å². The van der Waals surface area contributed by atoms with Gasteiger partial charge in [0.2, 0.25) is 0 Å². The first-order valence-corrected chi connectivity index (χ1v) is 9.97. The number of fused-ring (bicyclic) bond motifs is 1. The SMILES string of the molecule is CCc1cnc2c(C(=O)Nc3cn(C4CCC(C)CC4)nc3C(F)F)cnn2c1. The van der Waals surface area contributed by atoms with Crippen LogP contribution in [0.25, 0.3) is 5.65 Å². The zero-order valence-electron chi connectivity index (χ0n) is 16.5. The Morgan fingerprint density at radius 1 is 1.24 bits per heavy atom. The van der Waals surface area contributed by atoms with Crippen molar-refractivity contribution in [1.29, 1.82) is 0 Å². The van der Waals surface area contributed by atoms with Gasteiger partial charge in [0.25, 0.3) is 12.3 Å². The van der Waals surface area contributed by atoms with Crippen molar-refractivity contribution in [2.75, 3.05) is 5.32 Å². The topological polar surface area (TPSA) is 77.1 Å². The van der Waals surface area contributed by atoms with Gasteiger partial charge in [0.05, 0.1) is 17.9 Å². The van der Waals surface area contributed by atoms with Gasteiger partial charge in [-0.15, -0.1) is 0 Å². The number of hydrogen-bond donors (Lipinski definition) is 1. The van der Waals surface area contributed by atoms with Gasteiger partial charge in [-0.1, -0.05) is 13.8 Å². The fraction of sp³-hybridized carbons (Fsp3) is 0.500. The van der Waals surface area contributed by atoms with Gasteiger partial charge in [0.15, 0.2) is 11.3 Å². The smallest absolute Gasteiger partial charge is 0.284 e. The van der Waals surface area contributed by atoms with Crippen LogP contribution in [-0.2, 0) is 6.42 Å². The molecule has 0 atom stereocenters. The van der Waals surface area contributed by atoms with Crippen molar-refractivity contribution in [3.8, 4) is 0 Å². The lowest BCUT2D eigenvalue weighted by molar-refractivity contribution is 0.102. The minimum absolute atomic E-state index is 0.0353. The highest BCUT2D eigenvalue weighted by Crippen LogP contribution is 2.34. The summed E-state index contributed by atoms with van der Waals surface area (Å²) in [5.41, 5.74) is 1.22. The van der Waals surface area contributed by atoms with Crippen molar-refractivity contribution in [2.24, 2.45) is 5.92 Å². The minimum atomic E-state index is -2.77. The Morgan fingerprint density at radius 3 is 2.69 bits per heavy atom. The summed E-state index contributed by atoms with van der Waals surface area (Å²) in [4.78, 5) is 17.0. The average molecular weight is 402 g/mol. The fourth-order valence-electron chi connectivity index (χ4n) is 3.80. The zero-order valence-corrected chi connectivity index (χ0v) is 16.5. The van der Waals surface area contributed by atoms with Gasteiger partial charge in [0.1, 0.15) is 5.56 Å². The number of carbonyl (C=O) groups excluding carboxylic acids is 1. The van der Waals surface area contributed by atoms with Gasteiger partial charge < -0.3 is 5.32 Å². The molecule has 0 radical (unpaired) electrons. The van der Waals surface area contributed by atoms with E-state index < -0.39 is 18.0 Å². The Bertz CT molecular complexity index is 1020. The zero-order chi connectivity index (χ0) is 20.5. The van der Waals surface area contributed by atoms with Crippen LogP contribution in [0.15, 0.2) is 24.8 Å². The molecular formula is C20H24F2N6O. The molecule has 7 nitrogen and oxygen atoms in total. The lowest BCUT2D eigenvalue weighted by atomic mass is 9.87. The summed E-state index contributed by atoms with van der Waals surface area (Å²) in [6.07, 6.45) is 8.30. The van der Waals surface area contributed by atoms with Crippen molar-refractivity contribution < 1.29 is 13.6 Å². The maximum Gasteiger partial charge on any atom is 0.284 e. The molecule has 3 heterocycles. The predicted octanol–water partition coefficient (Wildman–Crippen LogP) is 4.43. The molecule has 1 fully saturated rings. The maximum absolute atomic E-state index is 13.5. The molecule has 154 valence electrons. The van der Waals surface area contributed by atoms with E-state index in [1.165, 1.54) is 16.9 Å². The standard InChI is InChI=1S/C20H24F2N6O/c1-3-13-8-23-19-15(9-24-28(19)10-13)20(29)25-16-11-27(26-17(16)18(21)22)14-6-4-12(2)5-7-14/h8-12,14,18H,3-7H2,1-2H3,(H,25,29). The lowest BCUT2D eigenvalue weighted by Gasteiger charge is -2.26. The fourth-order valence-corrected chi connectivity index (χ4v) is 3.80. The summed E-state index contributed by atoms with van der Waals surface area (Å²) in [6, 6.07) is 0.0838. The normalized spacial score (nSPS) is 19.8. The van der Waals surface area contributed by atoms with E-state index in [0.717, 1.165) is 37.7 Å². The molecule has 9 heteroatoms. The van der Waals surface area contributed by atoms with Crippen LogP contribution in [0.2, 0.25) is 0 Å². The van der Waals surface area contributed by atoms with E-state index in [1.54, 1.807) is 17.1 Å². The first-order valence-electron chi connectivity index (χ1n) is 9.97. The number of aryl methyl sites for hydroxylation is 1. The molecular weight excluding hydrogens is 378 g/mol. The van der Waals surface area contributed by atoms with Crippen molar-refractivity contribution in [3.05, 3.63) is 41.6 Å². The first kappa shape index (κ1) is 19.5. The number of halogens is 2. The van der Waals surface area contributed by atoms with Gasteiger partial charge in [-0.05, 0) is 43.6 Å². The number of aromatic nitrogens is 5. The van der Waals surface area contributed by atoms with Crippen LogP contribution in [-0.4, -0.2) is 30.3 Å². The average Bonchev–Trinajstić information content (AvgIpc) is 3.32. The Balaban J connectivity index is 1.59. The van der Waals surface area contributed by atoms with E-state index in [2.05, 4.69) is 27.4 Å². The van der Waals surface area contributed by atoms with Crippen LogP contribution >= 0.6 is 0 Å². The van der Waals surface area contributed by atoms with Gasteiger partial charge in [0, 0.05) is 18.6 Å². The van der Waals surface area contributed by atoms with E-state index in [4.69, 9.17) is 0 Å². The molecule has 0 spiro atoms. The number of nitrogens with one attached hydrogen (secondary N) is 1. The van der Waals surface area contributed by atoms with Crippen LogP contribution < -0.4 is 5.32 Å². The van der Waals surface area contributed by atoms with Crippen LogP contribution in [0.4, 0.5) is 14.5 Å². The monoisotopic (exact) mass is 402 g/mol. The Hall–Kier alpha value is -2.84. The highest BCUT2D eigenvalue weighted by atomic mass is 19.3. The van der Waals surface area contributed by atoms with Crippen molar-refractivity contribution in [3.63, 3.8) is 0 Å². The second kappa shape index (κ2) is 7.88. The highest BCUT2D eigenvalue weighted by molar-refractivity contribution is 6.08. The summed E-state index contributed by atoms with van der Waals surface area (Å²) >= 11 is 0. The van der Waals surface area contributed by atoms with Gasteiger partial charge in [-0.25, -0.2) is 18.3 Å². The minimum Gasteiger partial charge on any atom is -0.319 e. The van der Waals surface area contributed by atoms with E-state index >= 15 is 0 Å². The molecule has 1 saturated carbocycles. The third-order valence-corrected chi connectivity index (χ3v) is 5.64. The Morgan fingerprint density at radius 2 is 2.00 bits per heavy atom. The molecule has 4 rings (SSSR count). The predicted molar refractivity (Wildman–Crippen MR) is 104 cm³/mol. The van der Waals surface area contributed by atoms with Gasteiger partial charge in [-0.2, -0.15) is 10.2 Å². The summed E-state index contributed by atoms with van der Waals surface area (Å²) in [5, 5.41) is 10.8. The first-order chi connectivity index (χ1) is 14.0. The summed E-state index contributed by atoms with van der Waals surface area (Å²) in [5.74, 6) is 0.113. The number of alkyl halides is 2. The molecule has 0 bridgehead atoms. The van der Waals surface area contributed by atoms with Gasteiger partial charge >= 0.3 is 0 Å². The molecule has 0 unspecified atom stereocenters. The van der Waals surface area contributed by atoms with Crippen molar-refractivity contribution in [1.82, 2.24) is 24.4 Å². The molecule has 0 aliphatic heterocycles. The lowest BCUT2D eigenvalue weighted by Crippen LogP contribution is -2.17. The second-order valence-electron chi connectivity index (χ2n) is 7.72. The molecule has 3 aromatic rings. The third kappa shape index (κ3) is 3.86. The van der Waals surface area contributed by atoms with Crippen molar-refractivity contribution in [2.45, 2.75) is 58.4 Å². The van der Waals surface area contributed by atoms with Gasteiger partial charge in [-0.3, -0.25) is 9.48 Å². The maximum atomic E-state index is 13.5. The van der Waals surface area contributed by atoms with Crippen LogP contribution in [0, 0.1) is 5.92 Å². The van der Waals surface area contributed by atoms with Crippen LogP contribution in [0.1, 0.15) is 73.6 Å². The number of nitrogens with zero attached hydrogens (tertiary/aromatic N) is 5. The highest BCUT2D eigenvalue weighted by Gasteiger charge is 2.26. The quantitative estimate of drug-likeness (QED) is 0.685. The molecule has 29 heavy (non-hydrogen) atoms. The summed E-state index contributed by atoms with van der Waals surface area (Å²) in [6.45, 7) is 4.19. The summed E-state index contributed by atoms with van der Waals surface area (Å²) < 4.78 is 30.2. The van der Waals surface area contributed by atoms with Crippen LogP contribution in [0.5, 0.6) is 0 Å². The number of amides is 1. The Labute approximate surface area is 167 Å². The third-order valence-electron chi connectivity index (χ3n) is 5.64. The van der Waals surface area contributed by atoms with E-state index in [1.807, 2.05) is 6.92 Å². The van der Waals surface area contributed by atoms with E-state index in [9.17, 15) is 13.6 Å². The second-order valence-corrected chi connectivity index (χ2v) is 7.72.